The van der Waals surface area contributed by atoms with E-state index in [2.05, 4.69) is 20.4 Å². The zero-order chi connectivity index (χ0) is 19.9. The number of nitrogens with one attached hydrogen (secondary N) is 1. The third-order valence-electron chi connectivity index (χ3n) is 4.40. The maximum absolute atomic E-state index is 12.4. The van der Waals surface area contributed by atoms with E-state index < -0.39 is 0 Å². The molecule has 0 aliphatic carbocycles. The van der Waals surface area contributed by atoms with Crippen molar-refractivity contribution in [2.75, 3.05) is 52.5 Å². The summed E-state index contributed by atoms with van der Waals surface area (Å²) in [5, 5.41) is 11.0. The van der Waals surface area contributed by atoms with Crippen molar-refractivity contribution in [2.24, 2.45) is 0 Å². The molecular formula is C19H24N4O5. The number of morpholine rings is 1. The number of ether oxygens (including phenoxy) is 4. The van der Waals surface area contributed by atoms with E-state index in [0.29, 0.717) is 30.5 Å². The van der Waals surface area contributed by atoms with Crippen LogP contribution >= 0.6 is 0 Å². The van der Waals surface area contributed by atoms with E-state index in [4.69, 9.17) is 18.9 Å². The van der Waals surface area contributed by atoms with E-state index in [1.807, 2.05) is 0 Å². The first-order valence-corrected chi connectivity index (χ1v) is 8.89. The van der Waals surface area contributed by atoms with Gasteiger partial charge in [0.25, 0.3) is 5.91 Å². The average Bonchev–Trinajstić information content (AvgIpc) is 2.77. The molecule has 1 saturated heterocycles. The minimum atomic E-state index is -0.310. The molecule has 0 atom stereocenters. The SMILES string of the molecule is COc1cc(CNC(=O)c2ccc(N3CCOCC3)nn2)cc(OC)c1OC. The predicted molar refractivity (Wildman–Crippen MR) is 102 cm³/mol. The van der Waals surface area contributed by atoms with Gasteiger partial charge in [0.2, 0.25) is 5.75 Å². The molecule has 1 aliphatic rings. The fourth-order valence-corrected chi connectivity index (χ4v) is 2.92. The van der Waals surface area contributed by atoms with Crippen molar-refractivity contribution in [2.45, 2.75) is 6.54 Å². The van der Waals surface area contributed by atoms with Crippen LogP contribution in [0.25, 0.3) is 0 Å². The zero-order valence-corrected chi connectivity index (χ0v) is 16.2. The molecule has 1 amide bonds. The van der Waals surface area contributed by atoms with Gasteiger partial charge in [-0.25, -0.2) is 0 Å². The van der Waals surface area contributed by atoms with Crippen molar-refractivity contribution in [3.63, 3.8) is 0 Å². The number of carbonyl (C=O) groups excluding carboxylic acids is 1. The number of anilines is 1. The van der Waals surface area contributed by atoms with Crippen molar-refractivity contribution in [3.8, 4) is 17.2 Å². The second kappa shape index (κ2) is 9.23. The smallest absolute Gasteiger partial charge is 0.272 e. The highest BCUT2D eigenvalue weighted by atomic mass is 16.5. The maximum atomic E-state index is 12.4. The maximum Gasteiger partial charge on any atom is 0.272 e. The molecule has 2 aromatic rings. The van der Waals surface area contributed by atoms with Gasteiger partial charge in [-0.15, -0.1) is 10.2 Å². The van der Waals surface area contributed by atoms with E-state index >= 15 is 0 Å². The molecule has 0 saturated carbocycles. The second-order valence-electron chi connectivity index (χ2n) is 6.09. The third kappa shape index (κ3) is 4.42. The highest BCUT2D eigenvalue weighted by Crippen LogP contribution is 2.38. The number of rotatable bonds is 7. The van der Waals surface area contributed by atoms with Crippen LogP contribution < -0.4 is 24.4 Å². The molecule has 0 spiro atoms. The van der Waals surface area contributed by atoms with Crippen molar-refractivity contribution < 1.29 is 23.7 Å². The lowest BCUT2D eigenvalue weighted by Crippen LogP contribution is -2.37. The quantitative estimate of drug-likeness (QED) is 0.758. The molecule has 2 heterocycles. The van der Waals surface area contributed by atoms with Gasteiger partial charge in [0.05, 0.1) is 34.5 Å². The van der Waals surface area contributed by atoms with E-state index in [-0.39, 0.29) is 18.1 Å². The number of hydrogen-bond acceptors (Lipinski definition) is 8. The summed E-state index contributed by atoms with van der Waals surface area (Å²) in [6.45, 7) is 3.14. The van der Waals surface area contributed by atoms with Crippen LogP contribution in [-0.2, 0) is 11.3 Å². The van der Waals surface area contributed by atoms with E-state index in [1.165, 1.54) is 0 Å². The second-order valence-corrected chi connectivity index (χ2v) is 6.09. The largest absolute Gasteiger partial charge is 0.493 e. The van der Waals surface area contributed by atoms with Gasteiger partial charge in [0.1, 0.15) is 0 Å². The van der Waals surface area contributed by atoms with Crippen LogP contribution in [0.2, 0.25) is 0 Å². The molecule has 9 nitrogen and oxygen atoms in total. The Morgan fingerprint density at radius 2 is 1.75 bits per heavy atom. The van der Waals surface area contributed by atoms with E-state index in [0.717, 1.165) is 24.5 Å². The number of methoxy groups -OCH3 is 3. The van der Waals surface area contributed by atoms with Gasteiger partial charge >= 0.3 is 0 Å². The first kappa shape index (κ1) is 19.7. The number of nitrogens with zero attached hydrogens (tertiary/aromatic N) is 3. The molecule has 1 N–H and O–H groups in total. The minimum Gasteiger partial charge on any atom is -0.493 e. The highest BCUT2D eigenvalue weighted by molar-refractivity contribution is 5.92. The predicted octanol–water partition coefficient (Wildman–Crippen LogP) is 1.27. The number of carbonyl (C=O) groups is 1. The molecule has 1 fully saturated rings. The monoisotopic (exact) mass is 388 g/mol. The summed E-state index contributed by atoms with van der Waals surface area (Å²) in [5.74, 6) is 1.99. The number of benzene rings is 1. The van der Waals surface area contributed by atoms with Gasteiger partial charge in [0, 0.05) is 19.6 Å². The van der Waals surface area contributed by atoms with Gasteiger partial charge in [-0.1, -0.05) is 0 Å². The van der Waals surface area contributed by atoms with Crippen LogP contribution in [0.15, 0.2) is 24.3 Å². The molecule has 0 unspecified atom stereocenters. The summed E-state index contributed by atoms with van der Waals surface area (Å²) in [7, 11) is 4.64. The lowest BCUT2D eigenvalue weighted by Gasteiger charge is -2.27. The van der Waals surface area contributed by atoms with Gasteiger partial charge in [0.15, 0.2) is 23.0 Å². The fraction of sp³-hybridized carbons (Fsp3) is 0.421. The molecule has 3 rings (SSSR count). The van der Waals surface area contributed by atoms with Crippen molar-refractivity contribution in [1.82, 2.24) is 15.5 Å². The molecular weight excluding hydrogens is 364 g/mol. The Balaban J connectivity index is 1.65. The zero-order valence-electron chi connectivity index (χ0n) is 16.2. The number of amides is 1. The average molecular weight is 388 g/mol. The van der Waals surface area contributed by atoms with Gasteiger partial charge in [-0.2, -0.15) is 0 Å². The van der Waals surface area contributed by atoms with Crippen LogP contribution in [-0.4, -0.2) is 63.7 Å². The Kier molecular flexibility index (Phi) is 6.49. The molecule has 1 aliphatic heterocycles. The molecule has 0 radical (unpaired) electrons. The normalized spacial score (nSPS) is 13.8. The molecule has 1 aromatic heterocycles. The molecule has 9 heteroatoms. The van der Waals surface area contributed by atoms with Gasteiger partial charge in [-0.05, 0) is 29.8 Å². The topological polar surface area (TPSA) is 95.0 Å². The van der Waals surface area contributed by atoms with Crippen LogP contribution in [0.1, 0.15) is 16.1 Å². The first-order chi connectivity index (χ1) is 13.7. The fourth-order valence-electron chi connectivity index (χ4n) is 2.92. The summed E-state index contributed by atoms with van der Waals surface area (Å²) in [4.78, 5) is 14.5. The van der Waals surface area contributed by atoms with Gasteiger partial charge in [-0.3, -0.25) is 4.79 Å². The third-order valence-corrected chi connectivity index (χ3v) is 4.40. The van der Waals surface area contributed by atoms with Crippen molar-refractivity contribution >= 4 is 11.7 Å². The number of hydrogen-bond donors (Lipinski definition) is 1. The minimum absolute atomic E-state index is 0.254. The lowest BCUT2D eigenvalue weighted by atomic mass is 10.1. The van der Waals surface area contributed by atoms with E-state index in [1.54, 1.807) is 45.6 Å². The Bertz CT molecular complexity index is 781. The van der Waals surface area contributed by atoms with Crippen LogP contribution in [0.3, 0.4) is 0 Å². The first-order valence-electron chi connectivity index (χ1n) is 8.89. The summed E-state index contributed by atoms with van der Waals surface area (Å²) in [6, 6.07) is 7.04. The molecule has 1 aromatic carbocycles. The standard InChI is InChI=1S/C19H24N4O5/c1-25-15-10-13(11-16(26-2)18(15)27-3)12-20-19(24)14-4-5-17(22-21-14)23-6-8-28-9-7-23/h4-5,10-11H,6-9,12H2,1-3H3,(H,20,24). The van der Waals surface area contributed by atoms with Gasteiger partial charge < -0.3 is 29.2 Å². The van der Waals surface area contributed by atoms with Crippen molar-refractivity contribution in [1.29, 1.82) is 0 Å². The highest BCUT2D eigenvalue weighted by Gasteiger charge is 2.16. The Morgan fingerprint density at radius 3 is 2.29 bits per heavy atom. The van der Waals surface area contributed by atoms with E-state index in [9.17, 15) is 4.79 Å². The molecule has 28 heavy (non-hydrogen) atoms. The van der Waals surface area contributed by atoms with Crippen LogP contribution in [0.4, 0.5) is 5.82 Å². The summed E-state index contributed by atoms with van der Waals surface area (Å²) < 4.78 is 21.3. The molecule has 150 valence electrons. The molecule has 0 bridgehead atoms. The van der Waals surface area contributed by atoms with Crippen molar-refractivity contribution in [3.05, 3.63) is 35.5 Å². The van der Waals surface area contributed by atoms with Crippen LogP contribution in [0, 0.1) is 0 Å². The Labute approximate surface area is 163 Å². The summed E-state index contributed by atoms with van der Waals surface area (Å²) in [5.41, 5.74) is 1.06. The number of aromatic nitrogens is 2. The Hall–Kier alpha value is -3.07. The Morgan fingerprint density at radius 1 is 1.07 bits per heavy atom. The lowest BCUT2D eigenvalue weighted by molar-refractivity contribution is 0.0944. The summed E-state index contributed by atoms with van der Waals surface area (Å²) >= 11 is 0. The van der Waals surface area contributed by atoms with Crippen LogP contribution in [0.5, 0.6) is 17.2 Å². The summed E-state index contributed by atoms with van der Waals surface area (Å²) in [6.07, 6.45) is 0.